The molecule has 7 rings (SSSR count). The van der Waals surface area contributed by atoms with Crippen LogP contribution in [0.3, 0.4) is 0 Å². The SMILES string of the molecule is CC(C)(C)C1=CC(N2C=CN(c3cccc(Oc4cccc(-n5c6ccccc6c6cccnc65)c4)c3)C2)=CC(C(C)(C)C)C1. The summed E-state index contributed by atoms with van der Waals surface area (Å²) in [4.78, 5) is 9.37. The van der Waals surface area contributed by atoms with Crippen LogP contribution in [0.4, 0.5) is 5.69 Å². The monoisotopic (exact) mass is 594 g/mol. The lowest BCUT2D eigenvalue weighted by Crippen LogP contribution is -2.30. The van der Waals surface area contributed by atoms with Crippen molar-refractivity contribution in [1.29, 1.82) is 0 Å². The van der Waals surface area contributed by atoms with Crippen LogP contribution in [-0.4, -0.2) is 21.1 Å². The number of nitrogens with zero attached hydrogens (tertiary/aromatic N) is 4. The second kappa shape index (κ2) is 11.0. The topological polar surface area (TPSA) is 33.5 Å². The summed E-state index contributed by atoms with van der Waals surface area (Å²) >= 11 is 0. The Balaban J connectivity index is 1.13. The van der Waals surface area contributed by atoms with E-state index in [0.717, 1.165) is 52.5 Å². The number of fused-ring (bicyclic) bond motifs is 3. The molecule has 0 saturated heterocycles. The van der Waals surface area contributed by atoms with E-state index in [-0.39, 0.29) is 10.8 Å². The van der Waals surface area contributed by atoms with E-state index in [4.69, 9.17) is 9.72 Å². The van der Waals surface area contributed by atoms with Crippen LogP contribution in [0.25, 0.3) is 27.6 Å². The maximum atomic E-state index is 6.47. The lowest BCUT2D eigenvalue weighted by molar-refractivity contribution is 0.269. The van der Waals surface area contributed by atoms with Gasteiger partial charge in [-0.05, 0) is 71.7 Å². The van der Waals surface area contributed by atoms with Gasteiger partial charge >= 0.3 is 0 Å². The summed E-state index contributed by atoms with van der Waals surface area (Å²) in [6, 6.07) is 29.2. The summed E-state index contributed by atoms with van der Waals surface area (Å²) in [5, 5.41) is 2.33. The highest BCUT2D eigenvalue weighted by atomic mass is 16.5. The minimum Gasteiger partial charge on any atom is -0.457 e. The summed E-state index contributed by atoms with van der Waals surface area (Å²) in [5.74, 6) is 2.09. The number of pyridine rings is 1. The molecule has 0 radical (unpaired) electrons. The minimum absolute atomic E-state index is 0.146. The van der Waals surface area contributed by atoms with E-state index in [2.05, 4.69) is 141 Å². The van der Waals surface area contributed by atoms with E-state index in [1.54, 1.807) is 0 Å². The van der Waals surface area contributed by atoms with Crippen molar-refractivity contribution in [2.45, 2.75) is 48.0 Å². The molecule has 228 valence electrons. The largest absolute Gasteiger partial charge is 0.457 e. The molecule has 2 aromatic heterocycles. The van der Waals surface area contributed by atoms with Crippen LogP contribution in [0.2, 0.25) is 0 Å². The van der Waals surface area contributed by atoms with Gasteiger partial charge in [0.25, 0.3) is 0 Å². The molecule has 1 atom stereocenters. The predicted octanol–water partition coefficient (Wildman–Crippen LogP) is 10.4. The molecule has 0 spiro atoms. The molecule has 1 aliphatic heterocycles. The highest BCUT2D eigenvalue weighted by molar-refractivity contribution is 6.07. The second-order valence-electron chi connectivity index (χ2n) is 14.4. The lowest BCUT2D eigenvalue weighted by Gasteiger charge is -2.38. The van der Waals surface area contributed by atoms with Crippen LogP contribution in [-0.2, 0) is 0 Å². The average molecular weight is 595 g/mol. The van der Waals surface area contributed by atoms with Crippen molar-refractivity contribution in [3.05, 3.63) is 127 Å². The van der Waals surface area contributed by atoms with E-state index in [1.165, 1.54) is 16.7 Å². The molecule has 1 unspecified atom stereocenters. The zero-order valence-electron chi connectivity index (χ0n) is 27.2. The van der Waals surface area contributed by atoms with Gasteiger partial charge in [0.05, 0.1) is 17.9 Å². The normalized spacial score (nSPS) is 17.2. The van der Waals surface area contributed by atoms with Gasteiger partial charge in [0, 0.05) is 52.9 Å². The van der Waals surface area contributed by atoms with E-state index >= 15 is 0 Å². The van der Waals surface area contributed by atoms with Crippen molar-refractivity contribution in [3.8, 4) is 17.2 Å². The summed E-state index contributed by atoms with van der Waals surface area (Å²) in [5.41, 5.74) is 7.33. The Morgan fingerprint density at radius 1 is 0.733 bits per heavy atom. The molecule has 3 heterocycles. The van der Waals surface area contributed by atoms with Crippen LogP contribution in [0, 0.1) is 16.7 Å². The smallest absolute Gasteiger partial charge is 0.145 e. The molecule has 0 fully saturated rings. The third-order valence-corrected chi connectivity index (χ3v) is 9.17. The van der Waals surface area contributed by atoms with Crippen LogP contribution in [0.15, 0.2) is 127 Å². The Morgan fingerprint density at radius 3 is 2.18 bits per heavy atom. The molecule has 45 heavy (non-hydrogen) atoms. The molecule has 0 N–H and O–H groups in total. The number of anilines is 1. The molecule has 0 saturated carbocycles. The first-order chi connectivity index (χ1) is 21.5. The molecule has 2 aliphatic rings. The zero-order valence-corrected chi connectivity index (χ0v) is 27.2. The van der Waals surface area contributed by atoms with Crippen molar-refractivity contribution in [2.24, 2.45) is 16.7 Å². The first kappa shape index (κ1) is 29.0. The molecule has 0 bridgehead atoms. The Hall–Kier alpha value is -4.77. The fourth-order valence-electron chi connectivity index (χ4n) is 6.40. The Morgan fingerprint density at radius 2 is 1.42 bits per heavy atom. The number of aromatic nitrogens is 2. The molecular weight excluding hydrogens is 552 g/mol. The van der Waals surface area contributed by atoms with Gasteiger partial charge in [-0.15, -0.1) is 0 Å². The van der Waals surface area contributed by atoms with Crippen molar-refractivity contribution in [1.82, 2.24) is 14.5 Å². The van der Waals surface area contributed by atoms with E-state index < -0.39 is 0 Å². The molecule has 5 heteroatoms. The summed E-state index contributed by atoms with van der Waals surface area (Å²) in [6.07, 6.45) is 12.2. The minimum atomic E-state index is 0.146. The summed E-state index contributed by atoms with van der Waals surface area (Å²) < 4.78 is 8.68. The van der Waals surface area contributed by atoms with Crippen LogP contribution in [0.5, 0.6) is 11.5 Å². The maximum absolute atomic E-state index is 6.47. The van der Waals surface area contributed by atoms with Crippen LogP contribution < -0.4 is 9.64 Å². The first-order valence-electron chi connectivity index (χ1n) is 15.9. The van der Waals surface area contributed by atoms with E-state index in [9.17, 15) is 0 Å². The average Bonchev–Trinajstić information content (AvgIpc) is 3.64. The summed E-state index contributed by atoms with van der Waals surface area (Å²) in [6.45, 7) is 14.8. The van der Waals surface area contributed by atoms with Crippen molar-refractivity contribution < 1.29 is 4.74 Å². The third-order valence-electron chi connectivity index (χ3n) is 9.17. The van der Waals surface area contributed by atoms with Crippen LogP contribution >= 0.6 is 0 Å². The van der Waals surface area contributed by atoms with Gasteiger partial charge in [-0.1, -0.05) is 83.5 Å². The Labute approximate surface area is 266 Å². The zero-order chi connectivity index (χ0) is 31.3. The second-order valence-corrected chi connectivity index (χ2v) is 14.4. The standard InChI is InChI=1S/C40H42N4O/c1-39(2,3)28-22-29(40(4,5)6)24-32(23-28)43-21-20-42(27-43)30-12-9-14-33(25-30)45-34-15-10-13-31(26-34)44-37-18-8-7-16-35(37)36-17-11-19-41-38(36)44/h7-21,23-26,28H,22,27H2,1-6H3. The number of rotatable bonds is 5. The molecule has 5 nitrogen and oxygen atoms in total. The number of hydrogen-bond acceptors (Lipinski definition) is 4. The molecular formula is C40H42N4O. The van der Waals surface area contributed by atoms with Crippen molar-refractivity contribution in [3.63, 3.8) is 0 Å². The van der Waals surface area contributed by atoms with Gasteiger partial charge in [0.15, 0.2) is 0 Å². The number of benzene rings is 3. The molecule has 1 aliphatic carbocycles. The summed E-state index contributed by atoms with van der Waals surface area (Å²) in [7, 11) is 0. The molecule has 3 aromatic carbocycles. The maximum Gasteiger partial charge on any atom is 0.145 e. The molecule has 5 aromatic rings. The highest BCUT2D eigenvalue weighted by Gasteiger charge is 2.32. The quantitative estimate of drug-likeness (QED) is 0.203. The lowest BCUT2D eigenvalue weighted by atomic mass is 9.70. The van der Waals surface area contributed by atoms with Crippen LogP contribution in [0.1, 0.15) is 48.0 Å². The third kappa shape index (κ3) is 5.64. The first-order valence-corrected chi connectivity index (χ1v) is 15.9. The van der Waals surface area contributed by atoms with Gasteiger partial charge in [0.1, 0.15) is 17.1 Å². The van der Waals surface area contributed by atoms with Crippen molar-refractivity contribution >= 4 is 27.6 Å². The Bertz CT molecular complexity index is 1930. The van der Waals surface area contributed by atoms with Gasteiger partial charge in [-0.2, -0.15) is 0 Å². The van der Waals surface area contributed by atoms with Gasteiger partial charge < -0.3 is 14.5 Å². The van der Waals surface area contributed by atoms with E-state index in [1.807, 2.05) is 30.5 Å². The fourth-order valence-corrected chi connectivity index (χ4v) is 6.40. The van der Waals surface area contributed by atoms with Gasteiger partial charge in [0.2, 0.25) is 0 Å². The van der Waals surface area contributed by atoms with Gasteiger partial charge in [-0.3, -0.25) is 4.57 Å². The number of hydrogen-bond donors (Lipinski definition) is 0. The highest BCUT2D eigenvalue weighted by Crippen LogP contribution is 2.43. The van der Waals surface area contributed by atoms with E-state index in [0.29, 0.717) is 5.92 Å². The number of ether oxygens (including phenoxy) is 1. The predicted molar refractivity (Wildman–Crippen MR) is 187 cm³/mol. The van der Waals surface area contributed by atoms with Gasteiger partial charge in [-0.25, -0.2) is 4.98 Å². The number of para-hydroxylation sites is 1. The fraction of sp³-hybridized carbons (Fsp3) is 0.275. The Kier molecular flexibility index (Phi) is 7.07. The molecule has 0 amide bonds. The van der Waals surface area contributed by atoms with Crippen molar-refractivity contribution in [2.75, 3.05) is 11.6 Å². The number of allylic oxidation sites excluding steroid dienone is 3.